The molecule has 4 heteroatoms. The summed E-state index contributed by atoms with van der Waals surface area (Å²) in [5.41, 5.74) is 1.24. The topological polar surface area (TPSA) is 33.1 Å². The number of hydrogen-bond donors (Lipinski definition) is 1. The number of rotatable bonds is 4. The summed E-state index contributed by atoms with van der Waals surface area (Å²) in [7, 11) is 0. The molecule has 0 bridgehead atoms. The third-order valence-electron chi connectivity index (χ3n) is 4.90. The lowest BCUT2D eigenvalue weighted by Crippen LogP contribution is -2.53. The first-order valence-corrected chi connectivity index (χ1v) is 8.23. The van der Waals surface area contributed by atoms with E-state index in [9.17, 15) is 0 Å². The van der Waals surface area contributed by atoms with Crippen molar-refractivity contribution in [1.82, 2.24) is 20.0 Å². The van der Waals surface area contributed by atoms with E-state index in [0.717, 1.165) is 26.2 Å². The maximum Gasteiger partial charge on any atom is 0.0765 e. The Morgan fingerprint density at radius 1 is 1.35 bits per heavy atom. The van der Waals surface area contributed by atoms with Crippen LogP contribution in [0.2, 0.25) is 0 Å². The maximum atomic E-state index is 4.83. The lowest BCUT2D eigenvalue weighted by atomic mass is 10.0. The van der Waals surface area contributed by atoms with E-state index in [1.165, 1.54) is 31.4 Å². The molecular formula is C16H28N4. The molecule has 2 aliphatic rings. The SMILES string of the molecule is CC(C)C1CNCCN1Cc1ccn(C2CCCC2)n1. The Balaban J connectivity index is 1.64. The van der Waals surface area contributed by atoms with Crippen molar-refractivity contribution in [2.24, 2.45) is 5.92 Å². The third kappa shape index (κ3) is 3.07. The van der Waals surface area contributed by atoms with Crippen molar-refractivity contribution in [2.75, 3.05) is 19.6 Å². The zero-order chi connectivity index (χ0) is 13.9. The van der Waals surface area contributed by atoms with Gasteiger partial charge >= 0.3 is 0 Å². The van der Waals surface area contributed by atoms with Crippen molar-refractivity contribution in [3.8, 4) is 0 Å². The highest BCUT2D eigenvalue weighted by atomic mass is 15.3. The van der Waals surface area contributed by atoms with Gasteiger partial charge in [0.15, 0.2) is 0 Å². The molecule has 1 saturated heterocycles. The summed E-state index contributed by atoms with van der Waals surface area (Å²) in [6.45, 7) is 9.00. The molecule has 1 N–H and O–H groups in total. The van der Waals surface area contributed by atoms with E-state index in [2.05, 4.69) is 41.0 Å². The van der Waals surface area contributed by atoms with Crippen LogP contribution in [0.5, 0.6) is 0 Å². The van der Waals surface area contributed by atoms with Crippen molar-refractivity contribution in [3.63, 3.8) is 0 Å². The summed E-state index contributed by atoms with van der Waals surface area (Å²) < 4.78 is 2.22. The Hall–Kier alpha value is -0.870. The monoisotopic (exact) mass is 276 g/mol. The molecule has 1 aliphatic carbocycles. The Labute approximate surface area is 122 Å². The fourth-order valence-electron chi connectivity index (χ4n) is 3.66. The molecule has 2 fully saturated rings. The number of aromatic nitrogens is 2. The molecule has 1 aromatic heterocycles. The molecule has 4 nitrogen and oxygen atoms in total. The molecule has 0 radical (unpaired) electrons. The first kappa shape index (κ1) is 14.1. The molecule has 1 aliphatic heterocycles. The second-order valence-corrected chi connectivity index (χ2v) is 6.71. The zero-order valence-electron chi connectivity index (χ0n) is 12.9. The molecule has 2 heterocycles. The Bertz CT molecular complexity index is 420. The van der Waals surface area contributed by atoms with Gasteiger partial charge in [-0.15, -0.1) is 0 Å². The first-order chi connectivity index (χ1) is 9.74. The highest BCUT2D eigenvalue weighted by Gasteiger charge is 2.25. The predicted molar refractivity (Wildman–Crippen MR) is 81.6 cm³/mol. The van der Waals surface area contributed by atoms with Gasteiger partial charge in [0.05, 0.1) is 11.7 Å². The van der Waals surface area contributed by atoms with Crippen molar-refractivity contribution in [1.29, 1.82) is 0 Å². The van der Waals surface area contributed by atoms with Crippen LogP contribution >= 0.6 is 0 Å². The minimum atomic E-state index is 0.639. The molecular weight excluding hydrogens is 248 g/mol. The zero-order valence-corrected chi connectivity index (χ0v) is 12.9. The van der Waals surface area contributed by atoms with Gasteiger partial charge in [-0.05, 0) is 24.8 Å². The van der Waals surface area contributed by atoms with Crippen molar-refractivity contribution in [2.45, 2.75) is 58.2 Å². The van der Waals surface area contributed by atoms with Crippen molar-refractivity contribution in [3.05, 3.63) is 18.0 Å². The maximum absolute atomic E-state index is 4.83. The molecule has 0 spiro atoms. The molecule has 1 atom stereocenters. The average molecular weight is 276 g/mol. The predicted octanol–water partition coefficient (Wildman–Crippen LogP) is 2.43. The van der Waals surface area contributed by atoms with Gasteiger partial charge in [-0.2, -0.15) is 5.10 Å². The largest absolute Gasteiger partial charge is 0.314 e. The van der Waals surface area contributed by atoms with E-state index in [4.69, 9.17) is 5.10 Å². The number of piperazine rings is 1. The van der Waals surface area contributed by atoms with Gasteiger partial charge in [-0.25, -0.2) is 0 Å². The highest BCUT2D eigenvalue weighted by molar-refractivity contribution is 5.01. The second-order valence-electron chi connectivity index (χ2n) is 6.71. The highest BCUT2D eigenvalue weighted by Crippen LogP contribution is 2.28. The normalized spacial score (nSPS) is 25.6. The van der Waals surface area contributed by atoms with Gasteiger partial charge in [-0.3, -0.25) is 9.58 Å². The van der Waals surface area contributed by atoms with E-state index >= 15 is 0 Å². The average Bonchev–Trinajstić information content (AvgIpc) is 3.09. The van der Waals surface area contributed by atoms with Crippen LogP contribution in [0, 0.1) is 5.92 Å². The van der Waals surface area contributed by atoms with E-state index in [0.29, 0.717) is 18.0 Å². The van der Waals surface area contributed by atoms with Crippen LogP contribution in [0.25, 0.3) is 0 Å². The van der Waals surface area contributed by atoms with Gasteiger partial charge in [0.1, 0.15) is 0 Å². The van der Waals surface area contributed by atoms with Crippen LogP contribution in [0.15, 0.2) is 12.3 Å². The van der Waals surface area contributed by atoms with Gasteiger partial charge in [0.25, 0.3) is 0 Å². The molecule has 0 amide bonds. The minimum Gasteiger partial charge on any atom is -0.314 e. The van der Waals surface area contributed by atoms with Gasteiger partial charge in [0, 0.05) is 38.4 Å². The van der Waals surface area contributed by atoms with E-state index in [-0.39, 0.29) is 0 Å². The summed E-state index contributed by atoms with van der Waals surface area (Å²) in [5.74, 6) is 0.694. The van der Waals surface area contributed by atoms with Gasteiger partial charge < -0.3 is 5.32 Å². The lowest BCUT2D eigenvalue weighted by Gasteiger charge is -2.38. The smallest absolute Gasteiger partial charge is 0.0765 e. The first-order valence-electron chi connectivity index (χ1n) is 8.23. The van der Waals surface area contributed by atoms with Crippen LogP contribution in [0.1, 0.15) is 51.3 Å². The van der Waals surface area contributed by atoms with Gasteiger partial charge in [-0.1, -0.05) is 26.7 Å². The summed E-state index contributed by atoms with van der Waals surface area (Å²) >= 11 is 0. The number of nitrogens with zero attached hydrogens (tertiary/aromatic N) is 3. The van der Waals surface area contributed by atoms with Gasteiger partial charge in [0.2, 0.25) is 0 Å². The van der Waals surface area contributed by atoms with E-state index < -0.39 is 0 Å². The lowest BCUT2D eigenvalue weighted by molar-refractivity contribution is 0.115. The standard InChI is InChI=1S/C16H28N4/c1-13(2)16-11-17-8-10-19(16)12-14-7-9-20(18-14)15-5-3-4-6-15/h7,9,13,15-17H,3-6,8,10-12H2,1-2H3. The van der Waals surface area contributed by atoms with Crippen LogP contribution in [0.4, 0.5) is 0 Å². The molecule has 1 aromatic rings. The fourth-order valence-corrected chi connectivity index (χ4v) is 3.66. The quantitative estimate of drug-likeness (QED) is 0.917. The number of nitrogens with one attached hydrogen (secondary N) is 1. The Kier molecular flexibility index (Phi) is 4.41. The van der Waals surface area contributed by atoms with E-state index in [1.807, 2.05) is 0 Å². The molecule has 112 valence electrons. The second kappa shape index (κ2) is 6.27. The van der Waals surface area contributed by atoms with Crippen LogP contribution in [0.3, 0.4) is 0 Å². The van der Waals surface area contributed by atoms with Crippen LogP contribution < -0.4 is 5.32 Å². The fraction of sp³-hybridized carbons (Fsp3) is 0.812. The van der Waals surface area contributed by atoms with Crippen molar-refractivity contribution >= 4 is 0 Å². The molecule has 1 saturated carbocycles. The van der Waals surface area contributed by atoms with E-state index in [1.54, 1.807) is 0 Å². The number of hydrogen-bond acceptors (Lipinski definition) is 3. The molecule has 20 heavy (non-hydrogen) atoms. The molecule has 3 rings (SSSR count). The minimum absolute atomic E-state index is 0.639. The van der Waals surface area contributed by atoms with Crippen molar-refractivity contribution < 1.29 is 0 Å². The summed E-state index contributed by atoms with van der Waals surface area (Å²) in [4.78, 5) is 2.60. The Morgan fingerprint density at radius 3 is 2.90 bits per heavy atom. The van der Waals surface area contributed by atoms with Crippen LogP contribution in [-0.4, -0.2) is 40.4 Å². The van der Waals surface area contributed by atoms with Crippen LogP contribution in [-0.2, 0) is 6.54 Å². The third-order valence-corrected chi connectivity index (χ3v) is 4.90. The molecule has 1 unspecified atom stereocenters. The summed E-state index contributed by atoms with van der Waals surface area (Å²) in [6.07, 6.45) is 7.55. The summed E-state index contributed by atoms with van der Waals surface area (Å²) in [6, 6.07) is 3.52. The Morgan fingerprint density at radius 2 is 2.15 bits per heavy atom. The molecule has 0 aromatic carbocycles. The summed E-state index contributed by atoms with van der Waals surface area (Å²) in [5, 5.41) is 8.35.